The van der Waals surface area contributed by atoms with Crippen LogP contribution in [0.3, 0.4) is 0 Å². The van der Waals surface area contributed by atoms with Gasteiger partial charge in [0.25, 0.3) is 0 Å². The van der Waals surface area contributed by atoms with Gasteiger partial charge in [-0.3, -0.25) is 9.69 Å². The van der Waals surface area contributed by atoms with Crippen LogP contribution in [0.5, 0.6) is 5.75 Å². The molecular formula is C22H27NO5. The number of esters is 2. The van der Waals surface area contributed by atoms with E-state index in [0.29, 0.717) is 37.6 Å². The number of hydrogen-bond acceptors (Lipinski definition) is 6. The molecule has 150 valence electrons. The predicted octanol–water partition coefficient (Wildman–Crippen LogP) is 3.16. The number of carbonyl (C=O) groups is 2. The van der Waals surface area contributed by atoms with Crippen molar-refractivity contribution in [3.63, 3.8) is 0 Å². The Labute approximate surface area is 166 Å². The second-order valence-corrected chi connectivity index (χ2v) is 6.51. The first-order valence-electron chi connectivity index (χ1n) is 9.18. The van der Waals surface area contributed by atoms with E-state index in [4.69, 9.17) is 14.2 Å². The molecule has 0 spiro atoms. The number of ether oxygens (including phenoxy) is 3. The van der Waals surface area contributed by atoms with E-state index in [9.17, 15) is 9.59 Å². The molecule has 0 amide bonds. The summed E-state index contributed by atoms with van der Waals surface area (Å²) in [6.07, 6.45) is 0. The second-order valence-electron chi connectivity index (χ2n) is 6.51. The molecule has 0 bridgehead atoms. The molecular weight excluding hydrogens is 358 g/mol. The number of hydrogen-bond donors (Lipinski definition) is 0. The minimum Gasteiger partial charge on any atom is -0.492 e. The molecule has 0 saturated carbocycles. The van der Waals surface area contributed by atoms with Crippen molar-refractivity contribution in [2.24, 2.45) is 5.92 Å². The molecule has 1 unspecified atom stereocenters. The number of carbonyl (C=O) groups excluding carboxylic acids is 2. The topological polar surface area (TPSA) is 65.1 Å². The zero-order valence-electron chi connectivity index (χ0n) is 16.6. The molecule has 0 aromatic heterocycles. The fourth-order valence-corrected chi connectivity index (χ4v) is 2.86. The zero-order valence-corrected chi connectivity index (χ0v) is 16.6. The zero-order chi connectivity index (χ0) is 20.4. The normalized spacial score (nSPS) is 11.7. The van der Waals surface area contributed by atoms with Gasteiger partial charge in [-0.15, -0.1) is 0 Å². The maximum Gasteiger partial charge on any atom is 0.337 e. The van der Waals surface area contributed by atoms with Gasteiger partial charge in [0.2, 0.25) is 0 Å². The Morgan fingerprint density at radius 3 is 2.43 bits per heavy atom. The van der Waals surface area contributed by atoms with Gasteiger partial charge in [0, 0.05) is 19.6 Å². The van der Waals surface area contributed by atoms with Crippen molar-refractivity contribution in [2.45, 2.75) is 13.5 Å². The largest absolute Gasteiger partial charge is 0.492 e. The van der Waals surface area contributed by atoms with Gasteiger partial charge in [-0.2, -0.15) is 0 Å². The van der Waals surface area contributed by atoms with Crippen LogP contribution in [-0.2, 0) is 20.8 Å². The van der Waals surface area contributed by atoms with Crippen LogP contribution in [0.4, 0.5) is 0 Å². The van der Waals surface area contributed by atoms with Crippen LogP contribution in [0, 0.1) is 5.92 Å². The van der Waals surface area contributed by atoms with Crippen LogP contribution < -0.4 is 4.74 Å². The lowest BCUT2D eigenvalue weighted by Crippen LogP contribution is -2.35. The molecule has 0 aliphatic carbocycles. The molecule has 2 aromatic carbocycles. The van der Waals surface area contributed by atoms with E-state index in [2.05, 4.69) is 17.0 Å². The highest BCUT2D eigenvalue weighted by atomic mass is 16.5. The van der Waals surface area contributed by atoms with Crippen LogP contribution in [-0.4, -0.2) is 50.8 Å². The molecule has 28 heavy (non-hydrogen) atoms. The van der Waals surface area contributed by atoms with Gasteiger partial charge in [0.05, 0.1) is 25.7 Å². The third-order valence-corrected chi connectivity index (χ3v) is 4.32. The quantitative estimate of drug-likeness (QED) is 0.586. The first-order chi connectivity index (χ1) is 13.5. The van der Waals surface area contributed by atoms with Gasteiger partial charge in [-0.1, -0.05) is 43.3 Å². The summed E-state index contributed by atoms with van der Waals surface area (Å²) in [6, 6.07) is 16.9. The Bertz CT molecular complexity index is 763. The van der Waals surface area contributed by atoms with E-state index in [1.54, 1.807) is 24.3 Å². The smallest absolute Gasteiger partial charge is 0.337 e. The summed E-state index contributed by atoms with van der Waals surface area (Å²) in [5.41, 5.74) is 1.60. The summed E-state index contributed by atoms with van der Waals surface area (Å²) in [5.74, 6) is -0.271. The summed E-state index contributed by atoms with van der Waals surface area (Å²) in [7, 11) is 2.75. The van der Waals surface area contributed by atoms with E-state index >= 15 is 0 Å². The van der Waals surface area contributed by atoms with Crippen molar-refractivity contribution < 1.29 is 23.8 Å². The van der Waals surface area contributed by atoms with Crippen LogP contribution in [0.1, 0.15) is 22.8 Å². The summed E-state index contributed by atoms with van der Waals surface area (Å²) in [6.45, 7) is 4.16. The molecule has 0 saturated heterocycles. The SMILES string of the molecule is COC(=O)c1cccc(OCCN(Cc2ccccc2)CC(C)C(=O)OC)c1. The minimum absolute atomic E-state index is 0.232. The summed E-state index contributed by atoms with van der Waals surface area (Å²) >= 11 is 0. The summed E-state index contributed by atoms with van der Waals surface area (Å²) in [5, 5.41) is 0. The molecule has 0 N–H and O–H groups in total. The molecule has 2 aromatic rings. The molecule has 6 heteroatoms. The molecule has 0 radical (unpaired) electrons. The second kappa shape index (κ2) is 11.1. The van der Waals surface area contributed by atoms with Gasteiger partial charge in [-0.25, -0.2) is 4.79 Å². The maximum atomic E-state index is 11.8. The molecule has 6 nitrogen and oxygen atoms in total. The Morgan fingerprint density at radius 1 is 1.00 bits per heavy atom. The third-order valence-electron chi connectivity index (χ3n) is 4.32. The predicted molar refractivity (Wildman–Crippen MR) is 106 cm³/mol. The van der Waals surface area contributed by atoms with Crippen molar-refractivity contribution in [3.8, 4) is 5.75 Å². The van der Waals surface area contributed by atoms with Gasteiger partial charge in [-0.05, 0) is 23.8 Å². The monoisotopic (exact) mass is 385 g/mol. The minimum atomic E-state index is -0.400. The average Bonchev–Trinajstić information content (AvgIpc) is 2.73. The first kappa shape index (κ1) is 21.4. The molecule has 0 fully saturated rings. The third kappa shape index (κ3) is 6.70. The summed E-state index contributed by atoms with van der Waals surface area (Å²) in [4.78, 5) is 25.6. The van der Waals surface area contributed by atoms with Crippen molar-refractivity contribution in [1.82, 2.24) is 4.90 Å². The Balaban J connectivity index is 1.97. The molecule has 0 aliphatic rings. The number of nitrogens with zero attached hydrogens (tertiary/aromatic N) is 1. The van der Waals surface area contributed by atoms with Crippen molar-refractivity contribution in [1.29, 1.82) is 0 Å². The Morgan fingerprint density at radius 2 is 1.75 bits per heavy atom. The standard InChI is InChI=1S/C22H27NO5/c1-17(21(24)26-2)15-23(16-18-8-5-4-6-9-18)12-13-28-20-11-7-10-19(14-20)22(25)27-3/h4-11,14,17H,12-13,15-16H2,1-3H3. The lowest BCUT2D eigenvalue weighted by molar-refractivity contribution is -0.145. The highest BCUT2D eigenvalue weighted by Gasteiger charge is 2.18. The summed E-state index contributed by atoms with van der Waals surface area (Å²) < 4.78 is 15.4. The molecule has 0 heterocycles. The number of rotatable bonds is 10. The van der Waals surface area contributed by atoms with Crippen LogP contribution in [0.2, 0.25) is 0 Å². The van der Waals surface area contributed by atoms with Gasteiger partial charge >= 0.3 is 11.9 Å². The Kier molecular flexibility index (Phi) is 8.49. The maximum absolute atomic E-state index is 11.8. The Hall–Kier alpha value is -2.86. The number of benzene rings is 2. The van der Waals surface area contributed by atoms with Crippen LogP contribution >= 0.6 is 0 Å². The molecule has 1 atom stereocenters. The lowest BCUT2D eigenvalue weighted by atomic mass is 10.1. The average molecular weight is 385 g/mol. The fraction of sp³-hybridized carbons (Fsp3) is 0.364. The molecule has 2 rings (SSSR count). The van der Waals surface area contributed by atoms with E-state index in [1.165, 1.54) is 14.2 Å². The van der Waals surface area contributed by atoms with E-state index in [1.807, 2.05) is 25.1 Å². The number of methoxy groups -OCH3 is 2. The van der Waals surface area contributed by atoms with Gasteiger partial charge in [0.1, 0.15) is 12.4 Å². The van der Waals surface area contributed by atoms with E-state index in [0.717, 1.165) is 5.56 Å². The van der Waals surface area contributed by atoms with E-state index < -0.39 is 5.97 Å². The van der Waals surface area contributed by atoms with Gasteiger partial charge < -0.3 is 14.2 Å². The van der Waals surface area contributed by atoms with Crippen molar-refractivity contribution in [3.05, 3.63) is 65.7 Å². The highest BCUT2D eigenvalue weighted by Crippen LogP contribution is 2.15. The van der Waals surface area contributed by atoms with Gasteiger partial charge in [0.15, 0.2) is 0 Å². The first-order valence-corrected chi connectivity index (χ1v) is 9.18. The van der Waals surface area contributed by atoms with Crippen LogP contribution in [0.15, 0.2) is 54.6 Å². The molecule has 0 aliphatic heterocycles. The van der Waals surface area contributed by atoms with Crippen molar-refractivity contribution in [2.75, 3.05) is 33.9 Å². The van der Waals surface area contributed by atoms with Crippen molar-refractivity contribution >= 4 is 11.9 Å². The fourth-order valence-electron chi connectivity index (χ4n) is 2.86. The van der Waals surface area contributed by atoms with Crippen LogP contribution in [0.25, 0.3) is 0 Å². The highest BCUT2D eigenvalue weighted by molar-refractivity contribution is 5.89. The van der Waals surface area contributed by atoms with E-state index in [-0.39, 0.29) is 11.9 Å². The lowest BCUT2D eigenvalue weighted by Gasteiger charge is -2.25.